The van der Waals surface area contributed by atoms with E-state index in [0.29, 0.717) is 18.7 Å². The van der Waals surface area contributed by atoms with Crippen LogP contribution in [-0.4, -0.2) is 36.1 Å². The number of likely N-dealkylation sites (N-methyl/N-ethyl adjacent to an activating group) is 1. The molecule has 158 valence electrons. The van der Waals surface area contributed by atoms with Crippen molar-refractivity contribution < 1.29 is 19.0 Å². The fourth-order valence-corrected chi connectivity index (χ4v) is 3.14. The van der Waals surface area contributed by atoms with Crippen molar-refractivity contribution in [2.45, 2.75) is 12.5 Å². The largest absolute Gasteiger partial charge is 0.486 e. The Kier molecular flexibility index (Phi) is 8.84. The number of carbonyl (C=O) groups is 1. The lowest BCUT2D eigenvalue weighted by Crippen LogP contribution is -2.28. The molecule has 0 amide bonds. The second kappa shape index (κ2) is 11.3. The van der Waals surface area contributed by atoms with Crippen molar-refractivity contribution in [1.82, 2.24) is 4.90 Å². The van der Waals surface area contributed by atoms with E-state index in [2.05, 4.69) is 12.1 Å². The predicted octanol–water partition coefficient (Wildman–Crippen LogP) is 5.44. The summed E-state index contributed by atoms with van der Waals surface area (Å²) in [5, 5.41) is 8.94. The van der Waals surface area contributed by atoms with Gasteiger partial charge in [-0.15, -0.1) is 12.4 Å². The molecular weight excluding hydrogens is 405 g/mol. The van der Waals surface area contributed by atoms with Crippen molar-refractivity contribution >= 4 is 18.4 Å². The highest BCUT2D eigenvalue weighted by molar-refractivity contribution is 5.85. The van der Waals surface area contributed by atoms with Crippen molar-refractivity contribution in [3.63, 3.8) is 0 Å². The molecule has 3 aromatic rings. The summed E-state index contributed by atoms with van der Waals surface area (Å²) in [6.07, 6.45) is 0.268. The zero-order valence-corrected chi connectivity index (χ0v) is 17.5. The molecule has 0 radical (unpaired) electrons. The molecule has 1 unspecified atom stereocenters. The summed E-state index contributed by atoms with van der Waals surface area (Å²) in [6.45, 7) is 0.498. The van der Waals surface area contributed by atoms with E-state index in [9.17, 15) is 9.18 Å². The van der Waals surface area contributed by atoms with E-state index in [1.807, 2.05) is 42.5 Å². The maximum atomic E-state index is 13.3. The summed E-state index contributed by atoms with van der Waals surface area (Å²) in [5.74, 6) is -0.467. The molecule has 0 fully saturated rings. The van der Waals surface area contributed by atoms with E-state index in [4.69, 9.17) is 9.84 Å². The van der Waals surface area contributed by atoms with Gasteiger partial charge in [0.25, 0.3) is 0 Å². The summed E-state index contributed by atoms with van der Waals surface area (Å²) in [4.78, 5) is 12.6. The molecule has 4 nitrogen and oxygen atoms in total. The molecule has 0 aliphatic carbocycles. The molecular formula is C24H25ClFNO3. The summed E-state index contributed by atoms with van der Waals surface area (Å²) in [6, 6.07) is 24.1. The lowest BCUT2D eigenvalue weighted by Gasteiger charge is -2.22. The van der Waals surface area contributed by atoms with Gasteiger partial charge in [0.1, 0.15) is 17.7 Å². The number of nitrogens with zero attached hydrogens (tertiary/aromatic N) is 1. The van der Waals surface area contributed by atoms with Gasteiger partial charge in [-0.25, -0.2) is 4.39 Å². The van der Waals surface area contributed by atoms with E-state index < -0.39 is 5.97 Å². The van der Waals surface area contributed by atoms with Crippen LogP contribution in [-0.2, 0) is 4.79 Å². The smallest absolute Gasteiger partial charge is 0.317 e. The van der Waals surface area contributed by atoms with Crippen LogP contribution in [0.25, 0.3) is 11.1 Å². The maximum Gasteiger partial charge on any atom is 0.317 e. The summed E-state index contributed by atoms with van der Waals surface area (Å²) in [7, 11) is 1.75. The number of hydrogen-bond donors (Lipinski definition) is 1. The molecule has 3 aromatic carbocycles. The van der Waals surface area contributed by atoms with Crippen molar-refractivity contribution in [3.05, 3.63) is 90.2 Å². The third kappa shape index (κ3) is 6.87. The van der Waals surface area contributed by atoms with Gasteiger partial charge in [-0.2, -0.15) is 0 Å². The Morgan fingerprint density at radius 2 is 1.57 bits per heavy atom. The molecule has 0 spiro atoms. The molecule has 30 heavy (non-hydrogen) atoms. The molecule has 0 bridgehead atoms. The highest BCUT2D eigenvalue weighted by Crippen LogP contribution is 2.28. The number of halogens is 2. The fourth-order valence-electron chi connectivity index (χ4n) is 3.14. The quantitative estimate of drug-likeness (QED) is 0.492. The molecule has 0 aliphatic heterocycles. The van der Waals surface area contributed by atoms with E-state index in [-0.39, 0.29) is 30.9 Å². The van der Waals surface area contributed by atoms with Crippen molar-refractivity contribution in [3.8, 4) is 16.9 Å². The monoisotopic (exact) mass is 429 g/mol. The van der Waals surface area contributed by atoms with Crippen LogP contribution in [0.4, 0.5) is 4.39 Å². The number of hydrogen-bond acceptors (Lipinski definition) is 3. The lowest BCUT2D eigenvalue weighted by molar-refractivity contribution is -0.138. The molecule has 0 aliphatic rings. The van der Waals surface area contributed by atoms with Crippen LogP contribution in [0.2, 0.25) is 0 Å². The summed E-state index contributed by atoms with van der Waals surface area (Å²) >= 11 is 0. The Morgan fingerprint density at radius 3 is 2.17 bits per heavy atom. The zero-order valence-electron chi connectivity index (χ0n) is 16.7. The average Bonchev–Trinajstić information content (AvgIpc) is 2.72. The zero-order chi connectivity index (χ0) is 20.6. The molecule has 1 N–H and O–H groups in total. The van der Waals surface area contributed by atoms with E-state index in [0.717, 1.165) is 16.7 Å². The van der Waals surface area contributed by atoms with Crippen LogP contribution >= 0.6 is 12.4 Å². The van der Waals surface area contributed by atoms with Crippen molar-refractivity contribution in [2.75, 3.05) is 20.1 Å². The minimum atomic E-state index is -0.872. The molecule has 0 aromatic heterocycles. The minimum absolute atomic E-state index is 0. The first-order chi connectivity index (χ1) is 14.0. The summed E-state index contributed by atoms with van der Waals surface area (Å²) in [5.41, 5.74) is 3.07. The van der Waals surface area contributed by atoms with Gasteiger partial charge in [-0.3, -0.25) is 9.69 Å². The molecule has 1 atom stereocenters. The van der Waals surface area contributed by atoms with Gasteiger partial charge >= 0.3 is 5.97 Å². The Balaban J connectivity index is 0.00000320. The minimum Gasteiger partial charge on any atom is -0.486 e. The van der Waals surface area contributed by atoms with Gasteiger partial charge in [-0.05, 0) is 48.0 Å². The first-order valence-electron chi connectivity index (χ1n) is 9.49. The Labute approximate surface area is 182 Å². The molecule has 6 heteroatoms. The Bertz CT molecular complexity index is 917. The highest BCUT2D eigenvalue weighted by atomic mass is 35.5. The van der Waals surface area contributed by atoms with Crippen LogP contribution in [0, 0.1) is 5.82 Å². The van der Waals surface area contributed by atoms with E-state index in [1.165, 1.54) is 12.1 Å². The van der Waals surface area contributed by atoms with Gasteiger partial charge in [-0.1, -0.05) is 54.6 Å². The Morgan fingerprint density at radius 1 is 0.967 bits per heavy atom. The van der Waals surface area contributed by atoms with Gasteiger partial charge in [0.05, 0.1) is 6.54 Å². The molecule has 0 saturated carbocycles. The summed E-state index contributed by atoms with van der Waals surface area (Å²) < 4.78 is 19.5. The average molecular weight is 430 g/mol. The molecule has 0 heterocycles. The van der Waals surface area contributed by atoms with Crippen LogP contribution in [0.15, 0.2) is 78.9 Å². The number of benzene rings is 3. The second-order valence-electron chi connectivity index (χ2n) is 6.97. The third-order valence-electron chi connectivity index (χ3n) is 4.66. The number of ether oxygens (including phenoxy) is 1. The fraction of sp³-hybridized carbons (Fsp3) is 0.208. The van der Waals surface area contributed by atoms with Crippen molar-refractivity contribution in [2.24, 2.45) is 0 Å². The van der Waals surface area contributed by atoms with Gasteiger partial charge in [0.2, 0.25) is 0 Å². The number of carboxylic acid groups (broad SMARTS) is 1. The molecule has 3 rings (SSSR count). The normalized spacial score (nSPS) is 11.6. The molecule has 0 saturated heterocycles. The van der Waals surface area contributed by atoms with E-state index in [1.54, 1.807) is 24.1 Å². The topological polar surface area (TPSA) is 49.8 Å². The van der Waals surface area contributed by atoms with Crippen molar-refractivity contribution in [1.29, 1.82) is 0 Å². The first kappa shape index (κ1) is 23.4. The SMILES string of the molecule is CN(CCC(Oc1ccc(-c2ccccc2)cc1)c1ccc(F)cc1)CC(=O)O.Cl. The standard InChI is InChI=1S/C24H24FNO3.ClH/c1-26(17-24(27)28)16-15-23(20-7-11-21(25)12-8-20)29-22-13-9-19(10-14-22)18-5-3-2-4-6-18;/h2-14,23H,15-17H2,1H3,(H,27,28);1H. The number of carboxylic acids is 1. The van der Waals surface area contributed by atoms with Gasteiger partial charge in [0.15, 0.2) is 0 Å². The van der Waals surface area contributed by atoms with Gasteiger partial charge < -0.3 is 9.84 Å². The Hall–Kier alpha value is -2.89. The van der Waals surface area contributed by atoms with Crippen LogP contribution in [0.3, 0.4) is 0 Å². The number of aliphatic carboxylic acids is 1. The predicted molar refractivity (Wildman–Crippen MR) is 119 cm³/mol. The maximum absolute atomic E-state index is 13.3. The first-order valence-corrected chi connectivity index (χ1v) is 9.49. The third-order valence-corrected chi connectivity index (χ3v) is 4.66. The van der Waals surface area contributed by atoms with Gasteiger partial charge in [0, 0.05) is 13.0 Å². The highest BCUT2D eigenvalue weighted by Gasteiger charge is 2.16. The lowest BCUT2D eigenvalue weighted by atomic mass is 10.0. The van der Waals surface area contributed by atoms with Crippen LogP contribution in [0.1, 0.15) is 18.1 Å². The number of rotatable bonds is 9. The van der Waals surface area contributed by atoms with E-state index >= 15 is 0 Å². The van der Waals surface area contributed by atoms with Crippen LogP contribution in [0.5, 0.6) is 5.75 Å². The van der Waals surface area contributed by atoms with Crippen LogP contribution < -0.4 is 4.74 Å². The second-order valence-corrected chi connectivity index (χ2v) is 6.97.